The Morgan fingerprint density at radius 2 is 1.30 bits per heavy atom. The van der Waals surface area contributed by atoms with Crippen LogP contribution < -0.4 is 5.73 Å². The fraction of sp³-hybridized carbons (Fsp3) is 0.429. The summed E-state index contributed by atoms with van der Waals surface area (Å²) in [5.41, 5.74) is -0.783. The van der Waals surface area contributed by atoms with Gasteiger partial charge in [0.15, 0.2) is 9.84 Å². The van der Waals surface area contributed by atoms with E-state index in [1.165, 1.54) is 0 Å². The SMILES string of the molecule is N[C@H]1CC[C@](c2ccc(C(O)(C(F)(F)F)C(F)(F)F)cc2)(S(=O)(=O)c2ccc(F)cc2)CC1. The highest BCUT2D eigenvalue weighted by atomic mass is 32.2. The zero-order chi connectivity index (χ0) is 24.9. The summed E-state index contributed by atoms with van der Waals surface area (Å²) in [5, 5.41) is 9.60. The van der Waals surface area contributed by atoms with E-state index in [2.05, 4.69) is 0 Å². The van der Waals surface area contributed by atoms with E-state index in [1.807, 2.05) is 0 Å². The van der Waals surface area contributed by atoms with E-state index in [4.69, 9.17) is 5.73 Å². The van der Waals surface area contributed by atoms with Crippen LogP contribution in [0.2, 0.25) is 0 Å². The topological polar surface area (TPSA) is 80.4 Å². The second-order valence-electron chi connectivity index (χ2n) is 8.07. The monoisotopic (exact) mass is 499 g/mol. The summed E-state index contributed by atoms with van der Waals surface area (Å²) < 4.78 is 118. The predicted molar refractivity (Wildman–Crippen MR) is 104 cm³/mol. The molecule has 0 aromatic heterocycles. The summed E-state index contributed by atoms with van der Waals surface area (Å²) in [6.07, 6.45) is -11.8. The number of halogens is 7. The quantitative estimate of drug-likeness (QED) is 0.472. The first-order chi connectivity index (χ1) is 15.1. The molecule has 0 spiro atoms. The maximum absolute atomic E-state index is 13.6. The molecule has 33 heavy (non-hydrogen) atoms. The molecule has 2 aromatic carbocycles. The summed E-state index contributed by atoms with van der Waals surface area (Å²) in [6, 6.07) is 6.16. The van der Waals surface area contributed by atoms with Crippen LogP contribution in [0.15, 0.2) is 53.4 Å². The summed E-state index contributed by atoms with van der Waals surface area (Å²) in [7, 11) is -4.25. The Morgan fingerprint density at radius 1 is 0.848 bits per heavy atom. The van der Waals surface area contributed by atoms with Gasteiger partial charge in [-0.1, -0.05) is 24.3 Å². The van der Waals surface area contributed by atoms with Gasteiger partial charge in [0.25, 0.3) is 5.60 Å². The second kappa shape index (κ2) is 8.24. The molecule has 1 aliphatic carbocycles. The van der Waals surface area contributed by atoms with Crippen LogP contribution in [-0.2, 0) is 20.2 Å². The van der Waals surface area contributed by atoms with Gasteiger partial charge in [0.1, 0.15) is 10.6 Å². The fourth-order valence-electron chi connectivity index (χ4n) is 4.16. The van der Waals surface area contributed by atoms with Crippen molar-refractivity contribution < 1.29 is 44.3 Å². The van der Waals surface area contributed by atoms with Crippen LogP contribution in [-0.4, -0.2) is 31.9 Å². The lowest BCUT2D eigenvalue weighted by atomic mass is 9.80. The molecule has 0 unspecified atom stereocenters. The molecule has 3 rings (SSSR count). The predicted octanol–water partition coefficient (Wildman–Crippen LogP) is 4.71. The van der Waals surface area contributed by atoms with E-state index in [1.54, 1.807) is 0 Å². The van der Waals surface area contributed by atoms with Crippen LogP contribution >= 0.6 is 0 Å². The Bertz CT molecular complexity index is 1070. The number of nitrogens with two attached hydrogens (primary N) is 1. The third-order valence-corrected chi connectivity index (χ3v) is 8.69. The Hall–Kier alpha value is -2.18. The highest BCUT2D eigenvalue weighted by molar-refractivity contribution is 7.92. The average Bonchev–Trinajstić information content (AvgIpc) is 2.72. The minimum absolute atomic E-state index is 0.0456. The lowest BCUT2D eigenvalue weighted by Gasteiger charge is -2.39. The molecule has 0 heterocycles. The number of rotatable bonds is 4. The maximum Gasteiger partial charge on any atom is 0.430 e. The Kier molecular flexibility index (Phi) is 6.35. The van der Waals surface area contributed by atoms with E-state index in [-0.39, 0.29) is 42.2 Å². The van der Waals surface area contributed by atoms with Crippen molar-refractivity contribution in [1.29, 1.82) is 0 Å². The molecule has 0 radical (unpaired) electrons. The van der Waals surface area contributed by atoms with Crippen molar-refractivity contribution in [2.45, 2.75) is 59.3 Å². The van der Waals surface area contributed by atoms with Gasteiger partial charge in [0, 0.05) is 11.6 Å². The van der Waals surface area contributed by atoms with Gasteiger partial charge in [-0.05, 0) is 55.5 Å². The minimum atomic E-state index is -6.07. The van der Waals surface area contributed by atoms with Crippen molar-refractivity contribution in [2.24, 2.45) is 5.73 Å². The molecule has 0 atom stereocenters. The Morgan fingerprint density at radius 3 is 1.73 bits per heavy atom. The van der Waals surface area contributed by atoms with Gasteiger partial charge in [-0.15, -0.1) is 0 Å². The first-order valence-corrected chi connectivity index (χ1v) is 11.3. The molecule has 2 aromatic rings. The molecule has 0 amide bonds. The van der Waals surface area contributed by atoms with Crippen molar-refractivity contribution in [3.05, 3.63) is 65.5 Å². The lowest BCUT2D eigenvalue weighted by molar-refractivity contribution is -0.376. The average molecular weight is 499 g/mol. The number of aliphatic hydroxyl groups is 1. The van der Waals surface area contributed by atoms with E-state index in [0.29, 0.717) is 12.1 Å². The van der Waals surface area contributed by atoms with E-state index in [0.717, 1.165) is 36.4 Å². The van der Waals surface area contributed by atoms with Crippen LogP contribution in [0.4, 0.5) is 30.7 Å². The van der Waals surface area contributed by atoms with Crippen LogP contribution in [0.1, 0.15) is 36.8 Å². The third kappa shape index (κ3) is 4.12. The third-order valence-electron chi connectivity index (χ3n) is 6.13. The molecule has 0 bridgehead atoms. The molecular weight excluding hydrogens is 479 g/mol. The molecule has 182 valence electrons. The molecule has 0 saturated heterocycles. The highest BCUT2D eigenvalue weighted by Gasteiger charge is 2.71. The largest absolute Gasteiger partial charge is 0.430 e. The summed E-state index contributed by atoms with van der Waals surface area (Å²) in [6.45, 7) is 0. The minimum Gasteiger partial charge on any atom is -0.369 e. The second-order valence-corrected chi connectivity index (χ2v) is 10.3. The van der Waals surface area contributed by atoms with Gasteiger partial charge in [0.05, 0.1) is 4.90 Å². The highest BCUT2D eigenvalue weighted by Crippen LogP contribution is 2.51. The number of hydrogen-bond acceptors (Lipinski definition) is 4. The number of sulfone groups is 1. The summed E-state index contributed by atoms with van der Waals surface area (Å²) >= 11 is 0. The normalized spacial score (nSPS) is 22.9. The Labute approximate surface area is 185 Å². The molecule has 1 fully saturated rings. The van der Waals surface area contributed by atoms with Crippen molar-refractivity contribution in [3.63, 3.8) is 0 Å². The first kappa shape index (κ1) is 25.4. The number of alkyl halides is 6. The van der Waals surface area contributed by atoms with E-state index >= 15 is 0 Å². The molecule has 3 N–H and O–H groups in total. The van der Waals surface area contributed by atoms with Crippen molar-refractivity contribution in [3.8, 4) is 0 Å². The molecular formula is C21H20F7NO3S. The number of benzene rings is 2. The molecule has 0 aliphatic heterocycles. The standard InChI is InChI=1S/C21H20F7NO3S/c22-15-5-7-17(8-6-15)33(31,32)18(11-9-16(29)10-12-18)13-1-3-14(4-2-13)19(30,20(23,24)25)21(26,27)28/h1-8,16,30H,9-12,29H2/t16-,18-. The van der Waals surface area contributed by atoms with Crippen LogP contribution in [0.5, 0.6) is 0 Å². The number of hydrogen-bond donors (Lipinski definition) is 2. The van der Waals surface area contributed by atoms with Crippen LogP contribution in [0, 0.1) is 5.82 Å². The zero-order valence-corrected chi connectivity index (χ0v) is 17.7. The van der Waals surface area contributed by atoms with Gasteiger partial charge in [-0.25, -0.2) is 12.8 Å². The molecule has 4 nitrogen and oxygen atoms in total. The lowest BCUT2D eigenvalue weighted by Crippen LogP contribution is -2.54. The molecule has 1 aliphatic rings. The van der Waals surface area contributed by atoms with Crippen molar-refractivity contribution in [2.75, 3.05) is 0 Å². The van der Waals surface area contributed by atoms with Crippen molar-refractivity contribution >= 4 is 9.84 Å². The van der Waals surface area contributed by atoms with Gasteiger partial charge in [0.2, 0.25) is 0 Å². The first-order valence-electron chi connectivity index (χ1n) is 9.79. The fourth-order valence-corrected chi connectivity index (χ4v) is 6.33. The van der Waals surface area contributed by atoms with E-state index < -0.39 is 43.9 Å². The molecule has 1 saturated carbocycles. The van der Waals surface area contributed by atoms with Crippen LogP contribution in [0.3, 0.4) is 0 Å². The summed E-state index contributed by atoms with van der Waals surface area (Å²) in [5.74, 6) is -0.684. The van der Waals surface area contributed by atoms with Gasteiger partial charge in [-0.2, -0.15) is 26.3 Å². The van der Waals surface area contributed by atoms with Crippen LogP contribution in [0.25, 0.3) is 0 Å². The zero-order valence-electron chi connectivity index (χ0n) is 16.9. The smallest absolute Gasteiger partial charge is 0.369 e. The Balaban J connectivity index is 2.15. The van der Waals surface area contributed by atoms with E-state index in [9.17, 15) is 44.3 Å². The van der Waals surface area contributed by atoms with Gasteiger partial charge in [-0.3, -0.25) is 0 Å². The van der Waals surface area contributed by atoms with Gasteiger partial charge >= 0.3 is 12.4 Å². The van der Waals surface area contributed by atoms with Crippen molar-refractivity contribution in [1.82, 2.24) is 0 Å². The van der Waals surface area contributed by atoms with Gasteiger partial charge < -0.3 is 10.8 Å². The molecule has 12 heteroatoms. The summed E-state index contributed by atoms with van der Waals surface area (Å²) in [4.78, 5) is -0.245. The maximum atomic E-state index is 13.6.